The Morgan fingerprint density at radius 2 is 2.09 bits per heavy atom. The third kappa shape index (κ3) is 1.85. The molecule has 3 aromatic rings. The molecule has 0 amide bonds. The topological polar surface area (TPSA) is 61.9 Å². The van der Waals surface area contributed by atoms with E-state index in [9.17, 15) is 4.79 Å². The van der Waals surface area contributed by atoms with Crippen LogP contribution >= 0.6 is 15.9 Å². The van der Waals surface area contributed by atoms with E-state index in [0.29, 0.717) is 5.65 Å². The third-order valence-electron chi connectivity index (χ3n) is 4.50. The summed E-state index contributed by atoms with van der Waals surface area (Å²) in [5.41, 5.74) is 2.23. The molecule has 4 rings (SSSR count). The Balaban J connectivity index is 2.04. The van der Waals surface area contributed by atoms with Gasteiger partial charge in [-0.05, 0) is 31.0 Å². The zero-order chi connectivity index (χ0) is 15.4. The first-order valence-electron chi connectivity index (χ1n) is 7.16. The number of aromatic nitrogens is 4. The number of fused-ring (bicyclic) bond motifs is 3. The van der Waals surface area contributed by atoms with Crippen LogP contribution in [0.25, 0.3) is 22.1 Å². The lowest BCUT2D eigenvalue weighted by Gasteiger charge is -2.34. The van der Waals surface area contributed by atoms with Crippen LogP contribution in [0.3, 0.4) is 0 Å². The van der Waals surface area contributed by atoms with Gasteiger partial charge in [0.2, 0.25) is 0 Å². The molecule has 0 N–H and O–H groups in total. The van der Waals surface area contributed by atoms with Crippen LogP contribution in [0.4, 0.5) is 0 Å². The Morgan fingerprint density at radius 1 is 1.32 bits per heavy atom. The average Bonchev–Trinajstić information content (AvgIpc) is 2.72. The molecule has 2 heterocycles. The highest BCUT2D eigenvalue weighted by Gasteiger charge is 2.34. The first-order valence-corrected chi connectivity index (χ1v) is 7.95. The van der Waals surface area contributed by atoms with Crippen molar-refractivity contribution in [2.24, 2.45) is 7.05 Å². The molecule has 0 unspecified atom stereocenters. The molecule has 1 aromatic carbocycles. The lowest BCUT2D eigenvalue weighted by Crippen LogP contribution is -2.37. The minimum absolute atomic E-state index is 0.0451. The molecule has 0 atom stereocenters. The van der Waals surface area contributed by atoms with Gasteiger partial charge in [-0.15, -0.1) is 10.2 Å². The Morgan fingerprint density at radius 3 is 2.82 bits per heavy atom. The van der Waals surface area contributed by atoms with E-state index < -0.39 is 0 Å². The minimum Gasteiger partial charge on any atom is -0.381 e. The molecule has 0 bridgehead atoms. The normalized spacial score (nSPS) is 21.4. The quantitative estimate of drug-likeness (QED) is 0.702. The van der Waals surface area contributed by atoms with Crippen LogP contribution in [0.1, 0.15) is 18.9 Å². The number of rotatable bonds is 2. The Bertz CT molecular complexity index is 940. The molecular weight excluding hydrogens is 348 g/mol. The van der Waals surface area contributed by atoms with Crippen molar-refractivity contribution in [1.29, 1.82) is 0 Å². The number of imidazole rings is 1. The molecule has 1 fully saturated rings. The molecule has 22 heavy (non-hydrogen) atoms. The van der Waals surface area contributed by atoms with E-state index in [0.717, 1.165) is 33.7 Å². The Kier molecular flexibility index (Phi) is 3.09. The number of hydrogen-bond donors (Lipinski definition) is 0. The lowest BCUT2D eigenvalue weighted by molar-refractivity contribution is 0.00635. The predicted octanol–water partition coefficient (Wildman–Crippen LogP) is 2.40. The second-order valence-corrected chi connectivity index (χ2v) is 6.64. The van der Waals surface area contributed by atoms with Gasteiger partial charge >= 0.3 is 5.69 Å². The van der Waals surface area contributed by atoms with Crippen LogP contribution in [-0.4, -0.2) is 32.5 Å². The fraction of sp³-hybridized carbons (Fsp3) is 0.400. The van der Waals surface area contributed by atoms with Crippen molar-refractivity contribution in [3.05, 3.63) is 33.2 Å². The van der Waals surface area contributed by atoms with Crippen LogP contribution in [0, 0.1) is 0 Å². The van der Waals surface area contributed by atoms with E-state index in [1.54, 1.807) is 18.7 Å². The van der Waals surface area contributed by atoms with Gasteiger partial charge < -0.3 is 4.74 Å². The molecule has 7 heteroatoms. The van der Waals surface area contributed by atoms with Gasteiger partial charge in [-0.2, -0.15) is 0 Å². The summed E-state index contributed by atoms with van der Waals surface area (Å²) in [5, 5.41) is 9.42. The van der Waals surface area contributed by atoms with Crippen molar-refractivity contribution >= 4 is 38.0 Å². The van der Waals surface area contributed by atoms with E-state index in [1.165, 1.54) is 0 Å². The zero-order valence-corrected chi connectivity index (χ0v) is 13.9. The number of aryl methyl sites for hydroxylation is 1. The van der Waals surface area contributed by atoms with Crippen molar-refractivity contribution in [3.8, 4) is 0 Å². The highest BCUT2D eigenvalue weighted by Crippen LogP contribution is 2.36. The van der Waals surface area contributed by atoms with Gasteiger partial charge in [0, 0.05) is 30.1 Å². The van der Waals surface area contributed by atoms with E-state index in [2.05, 4.69) is 26.1 Å². The molecule has 0 aliphatic heterocycles. The maximum Gasteiger partial charge on any atom is 0.330 e. The molecular formula is C15H15BrN4O2. The number of ether oxygens (including phenoxy) is 1. The summed E-state index contributed by atoms with van der Waals surface area (Å²) in [4.78, 5) is 12.7. The fourth-order valence-corrected chi connectivity index (χ4v) is 3.51. The number of benzene rings is 1. The number of nitrogens with zero attached hydrogens (tertiary/aromatic N) is 4. The summed E-state index contributed by atoms with van der Waals surface area (Å²) in [7, 11) is 3.46. The number of halogens is 1. The highest BCUT2D eigenvalue weighted by molar-refractivity contribution is 9.10. The van der Waals surface area contributed by atoms with E-state index in [4.69, 9.17) is 4.74 Å². The second kappa shape index (κ2) is 4.89. The molecule has 1 saturated carbocycles. The van der Waals surface area contributed by atoms with Gasteiger partial charge in [-0.3, -0.25) is 9.13 Å². The molecule has 6 nitrogen and oxygen atoms in total. The largest absolute Gasteiger partial charge is 0.381 e. The Hall–Kier alpha value is -1.73. The maximum atomic E-state index is 12.7. The number of hydrogen-bond acceptors (Lipinski definition) is 4. The third-order valence-corrected chi connectivity index (χ3v) is 4.99. The predicted molar refractivity (Wildman–Crippen MR) is 87.0 cm³/mol. The van der Waals surface area contributed by atoms with Crippen LogP contribution < -0.4 is 5.69 Å². The van der Waals surface area contributed by atoms with E-state index in [1.807, 2.05) is 22.8 Å². The van der Waals surface area contributed by atoms with Crippen LogP contribution in [0.2, 0.25) is 0 Å². The smallest absolute Gasteiger partial charge is 0.330 e. The van der Waals surface area contributed by atoms with Crippen LogP contribution in [0.15, 0.2) is 27.5 Å². The van der Waals surface area contributed by atoms with Gasteiger partial charge in [0.1, 0.15) is 5.52 Å². The van der Waals surface area contributed by atoms with Crippen LogP contribution in [-0.2, 0) is 11.8 Å². The van der Waals surface area contributed by atoms with Crippen molar-refractivity contribution in [1.82, 2.24) is 19.3 Å². The second-order valence-electron chi connectivity index (χ2n) is 5.73. The molecule has 0 spiro atoms. The summed E-state index contributed by atoms with van der Waals surface area (Å²) >= 11 is 3.49. The highest BCUT2D eigenvalue weighted by atomic mass is 79.9. The molecule has 114 valence electrons. The Labute approximate surface area is 134 Å². The summed E-state index contributed by atoms with van der Waals surface area (Å²) in [5.74, 6) is 0. The molecule has 1 aliphatic carbocycles. The van der Waals surface area contributed by atoms with Crippen molar-refractivity contribution in [3.63, 3.8) is 0 Å². The summed E-state index contributed by atoms with van der Waals surface area (Å²) in [6.45, 7) is 0. The van der Waals surface area contributed by atoms with E-state index >= 15 is 0 Å². The zero-order valence-electron chi connectivity index (χ0n) is 12.3. The van der Waals surface area contributed by atoms with Crippen molar-refractivity contribution in [2.45, 2.75) is 25.0 Å². The van der Waals surface area contributed by atoms with Crippen molar-refractivity contribution < 1.29 is 4.74 Å². The fourth-order valence-electron chi connectivity index (χ4n) is 3.15. The van der Waals surface area contributed by atoms with Gasteiger partial charge in [0.25, 0.3) is 0 Å². The van der Waals surface area contributed by atoms with Gasteiger partial charge in [-0.25, -0.2) is 4.79 Å². The molecule has 2 aromatic heterocycles. The van der Waals surface area contributed by atoms with Crippen molar-refractivity contribution in [2.75, 3.05) is 7.11 Å². The van der Waals surface area contributed by atoms with Gasteiger partial charge in [0.15, 0.2) is 5.65 Å². The minimum atomic E-state index is -0.0451. The standard InChI is InChI=1S/C15H15BrN4O2/c1-19-14-13(11-5-8(16)3-4-12(11)17-18-14)20(15(19)21)9-6-10(7-9)22-2/h3-5,9-10H,6-7H2,1-2H3/t9-,10-. The maximum absolute atomic E-state index is 12.7. The monoisotopic (exact) mass is 362 g/mol. The SMILES string of the molecule is CO[C@H]1C[C@H](n2c(=O)n(C)c3nnc4ccc(Br)cc4c32)C1. The summed E-state index contributed by atoms with van der Waals surface area (Å²) in [6.07, 6.45) is 1.95. The van der Waals surface area contributed by atoms with Crippen LogP contribution in [0.5, 0.6) is 0 Å². The first-order chi connectivity index (χ1) is 10.6. The molecule has 1 aliphatic rings. The molecule has 0 saturated heterocycles. The molecule has 0 radical (unpaired) electrons. The number of methoxy groups -OCH3 is 1. The van der Waals surface area contributed by atoms with Gasteiger partial charge in [0.05, 0.1) is 11.6 Å². The lowest BCUT2D eigenvalue weighted by atomic mass is 9.89. The van der Waals surface area contributed by atoms with Gasteiger partial charge in [-0.1, -0.05) is 15.9 Å². The first kappa shape index (κ1) is 13.9. The summed E-state index contributed by atoms with van der Waals surface area (Å²) < 4.78 is 9.73. The average molecular weight is 363 g/mol. The summed E-state index contributed by atoms with van der Waals surface area (Å²) in [6, 6.07) is 5.99. The van der Waals surface area contributed by atoms with E-state index in [-0.39, 0.29) is 17.8 Å².